The minimum Gasteiger partial charge on any atom is -0.0885 e. The van der Waals surface area contributed by atoms with Gasteiger partial charge in [-0.2, -0.15) is 0 Å². The Morgan fingerprint density at radius 1 is 0.867 bits per heavy atom. The molecule has 0 heterocycles. The van der Waals surface area contributed by atoms with Gasteiger partial charge in [0.2, 0.25) is 0 Å². The van der Waals surface area contributed by atoms with Crippen molar-refractivity contribution in [2.75, 3.05) is 0 Å². The minimum atomic E-state index is 0.552. The Morgan fingerprint density at radius 3 is 2.00 bits per heavy atom. The zero-order valence-corrected chi connectivity index (χ0v) is 11.3. The maximum Gasteiger partial charge on any atom is -0.0351 e. The van der Waals surface area contributed by atoms with E-state index >= 15 is 0 Å². The van der Waals surface area contributed by atoms with Gasteiger partial charge < -0.3 is 0 Å². The third-order valence-electron chi connectivity index (χ3n) is 3.32. The van der Waals surface area contributed by atoms with Crippen molar-refractivity contribution in [2.45, 2.75) is 79.1 Å². The lowest BCUT2D eigenvalue weighted by atomic mass is 9.85. The Labute approximate surface area is 97.2 Å². The summed E-state index contributed by atoms with van der Waals surface area (Å²) in [5.74, 6) is 0. The number of hydrogen-bond acceptors (Lipinski definition) is 0. The first-order valence-corrected chi connectivity index (χ1v) is 6.77. The van der Waals surface area contributed by atoms with Gasteiger partial charge in [-0.1, -0.05) is 59.1 Å². The maximum absolute atomic E-state index is 2.38. The Hall–Kier alpha value is -0.260. The fraction of sp³-hybridized carbons (Fsp3) is 0.867. The van der Waals surface area contributed by atoms with E-state index in [1.807, 2.05) is 0 Å². The van der Waals surface area contributed by atoms with Gasteiger partial charge in [-0.05, 0) is 37.5 Å². The molecule has 0 atom stereocenters. The molecule has 15 heavy (non-hydrogen) atoms. The topological polar surface area (TPSA) is 0 Å². The number of rotatable bonds is 9. The van der Waals surface area contributed by atoms with Gasteiger partial charge in [-0.15, -0.1) is 0 Å². The van der Waals surface area contributed by atoms with E-state index in [0.717, 1.165) is 0 Å². The summed E-state index contributed by atoms with van der Waals surface area (Å²) in [4.78, 5) is 0. The molecule has 0 unspecified atom stereocenters. The molecule has 0 fully saturated rings. The standard InChI is InChI=1S/C15H30/c1-5-7-8-9-10-11-12-13-14-15(3,4)6-2/h10-11H,5-9,12-14H2,1-4H3/b11-10+. The lowest BCUT2D eigenvalue weighted by Crippen LogP contribution is -2.08. The first kappa shape index (κ1) is 14.7. The molecular weight excluding hydrogens is 180 g/mol. The average molecular weight is 210 g/mol. The van der Waals surface area contributed by atoms with Crippen LogP contribution in [-0.4, -0.2) is 0 Å². The summed E-state index contributed by atoms with van der Waals surface area (Å²) < 4.78 is 0. The Kier molecular flexibility index (Phi) is 8.85. The van der Waals surface area contributed by atoms with Crippen molar-refractivity contribution in [1.82, 2.24) is 0 Å². The van der Waals surface area contributed by atoms with E-state index in [0.29, 0.717) is 5.41 Å². The summed E-state index contributed by atoms with van der Waals surface area (Å²) in [5.41, 5.74) is 0.552. The number of unbranched alkanes of at least 4 members (excludes halogenated alkanes) is 4. The van der Waals surface area contributed by atoms with Crippen LogP contribution in [0.2, 0.25) is 0 Å². The van der Waals surface area contributed by atoms with Gasteiger partial charge >= 0.3 is 0 Å². The zero-order valence-electron chi connectivity index (χ0n) is 11.3. The van der Waals surface area contributed by atoms with E-state index in [4.69, 9.17) is 0 Å². The van der Waals surface area contributed by atoms with E-state index in [-0.39, 0.29) is 0 Å². The van der Waals surface area contributed by atoms with Gasteiger partial charge in [0.1, 0.15) is 0 Å². The van der Waals surface area contributed by atoms with Crippen LogP contribution in [0.25, 0.3) is 0 Å². The second-order valence-corrected chi connectivity index (χ2v) is 5.38. The van der Waals surface area contributed by atoms with Crippen molar-refractivity contribution in [3.05, 3.63) is 12.2 Å². The minimum absolute atomic E-state index is 0.552. The van der Waals surface area contributed by atoms with Crippen molar-refractivity contribution >= 4 is 0 Å². The van der Waals surface area contributed by atoms with Crippen LogP contribution < -0.4 is 0 Å². The largest absolute Gasteiger partial charge is 0.0885 e. The Balaban J connectivity index is 3.30. The van der Waals surface area contributed by atoms with Crippen LogP contribution in [-0.2, 0) is 0 Å². The van der Waals surface area contributed by atoms with Gasteiger partial charge in [-0.25, -0.2) is 0 Å². The molecule has 0 bridgehead atoms. The van der Waals surface area contributed by atoms with Crippen molar-refractivity contribution in [3.8, 4) is 0 Å². The summed E-state index contributed by atoms with van der Waals surface area (Å²) in [6, 6.07) is 0. The van der Waals surface area contributed by atoms with Gasteiger partial charge in [-0.3, -0.25) is 0 Å². The molecule has 0 aliphatic carbocycles. The first-order chi connectivity index (χ1) is 7.12. The van der Waals surface area contributed by atoms with E-state index in [1.165, 1.54) is 51.4 Å². The highest BCUT2D eigenvalue weighted by Gasteiger charge is 2.13. The highest BCUT2D eigenvalue weighted by Crippen LogP contribution is 2.26. The molecule has 0 spiro atoms. The Bertz CT molecular complexity index is 153. The number of allylic oxidation sites excluding steroid dienone is 2. The molecule has 0 nitrogen and oxygen atoms in total. The summed E-state index contributed by atoms with van der Waals surface area (Å²) in [5, 5.41) is 0. The third-order valence-corrected chi connectivity index (χ3v) is 3.32. The maximum atomic E-state index is 2.38. The number of hydrogen-bond donors (Lipinski definition) is 0. The summed E-state index contributed by atoms with van der Waals surface area (Å²) in [7, 11) is 0. The van der Waals surface area contributed by atoms with E-state index in [1.54, 1.807) is 0 Å². The van der Waals surface area contributed by atoms with E-state index in [9.17, 15) is 0 Å². The second kappa shape index (κ2) is 9.00. The molecular formula is C15H30. The highest BCUT2D eigenvalue weighted by atomic mass is 14.2. The van der Waals surface area contributed by atoms with Gasteiger partial charge in [0.05, 0.1) is 0 Å². The predicted octanol–water partition coefficient (Wildman–Crippen LogP) is 5.73. The average Bonchev–Trinajstić information content (AvgIpc) is 2.22. The van der Waals surface area contributed by atoms with Gasteiger partial charge in [0, 0.05) is 0 Å². The quantitative estimate of drug-likeness (QED) is 0.337. The van der Waals surface area contributed by atoms with Crippen molar-refractivity contribution < 1.29 is 0 Å². The smallest absolute Gasteiger partial charge is 0.0351 e. The van der Waals surface area contributed by atoms with Crippen molar-refractivity contribution in [2.24, 2.45) is 5.41 Å². The van der Waals surface area contributed by atoms with Crippen molar-refractivity contribution in [3.63, 3.8) is 0 Å². The molecule has 0 radical (unpaired) electrons. The second-order valence-electron chi connectivity index (χ2n) is 5.38. The predicted molar refractivity (Wildman–Crippen MR) is 71.2 cm³/mol. The molecule has 0 aliphatic heterocycles. The molecule has 0 aromatic carbocycles. The monoisotopic (exact) mass is 210 g/mol. The molecule has 0 aromatic rings. The highest BCUT2D eigenvalue weighted by molar-refractivity contribution is 4.82. The lowest BCUT2D eigenvalue weighted by molar-refractivity contribution is 0.314. The van der Waals surface area contributed by atoms with Crippen LogP contribution in [0.3, 0.4) is 0 Å². The summed E-state index contributed by atoms with van der Waals surface area (Å²) >= 11 is 0. The molecule has 0 aliphatic rings. The van der Waals surface area contributed by atoms with Gasteiger partial charge in [0.15, 0.2) is 0 Å². The van der Waals surface area contributed by atoms with Gasteiger partial charge in [0.25, 0.3) is 0 Å². The van der Waals surface area contributed by atoms with E-state index in [2.05, 4.69) is 39.8 Å². The normalized spacial score (nSPS) is 12.5. The molecule has 0 rings (SSSR count). The molecule has 0 saturated heterocycles. The third kappa shape index (κ3) is 10.0. The summed E-state index contributed by atoms with van der Waals surface area (Å²) in [6.07, 6.45) is 15.4. The molecule has 0 amide bonds. The zero-order chi connectivity index (χ0) is 11.6. The van der Waals surface area contributed by atoms with Crippen LogP contribution in [0.5, 0.6) is 0 Å². The van der Waals surface area contributed by atoms with Crippen LogP contribution in [0, 0.1) is 5.41 Å². The summed E-state index contributed by atoms with van der Waals surface area (Å²) in [6.45, 7) is 9.30. The van der Waals surface area contributed by atoms with E-state index < -0.39 is 0 Å². The van der Waals surface area contributed by atoms with Crippen LogP contribution >= 0.6 is 0 Å². The van der Waals surface area contributed by atoms with Crippen LogP contribution in [0.15, 0.2) is 12.2 Å². The molecule has 0 N–H and O–H groups in total. The fourth-order valence-corrected chi connectivity index (χ4v) is 1.62. The van der Waals surface area contributed by atoms with Crippen molar-refractivity contribution in [1.29, 1.82) is 0 Å². The molecule has 0 saturated carbocycles. The molecule has 90 valence electrons. The lowest BCUT2D eigenvalue weighted by Gasteiger charge is -2.21. The first-order valence-electron chi connectivity index (χ1n) is 6.77. The SMILES string of the molecule is CCCCC/C=C/CCCC(C)(C)CC. The van der Waals surface area contributed by atoms with Crippen LogP contribution in [0.1, 0.15) is 79.1 Å². The Morgan fingerprint density at radius 2 is 1.47 bits per heavy atom. The fourth-order valence-electron chi connectivity index (χ4n) is 1.62. The van der Waals surface area contributed by atoms with Crippen LogP contribution in [0.4, 0.5) is 0 Å². The molecule has 0 aromatic heterocycles. The molecule has 0 heteroatoms.